The fourth-order valence-corrected chi connectivity index (χ4v) is 3.61. The summed E-state index contributed by atoms with van der Waals surface area (Å²) in [5.41, 5.74) is 6.09. The smallest absolute Gasteiger partial charge is 0.252 e. The summed E-state index contributed by atoms with van der Waals surface area (Å²) in [4.78, 5) is 16.8. The monoisotopic (exact) mass is 380 g/mol. The fraction of sp³-hybridized carbons (Fsp3) is 0.333. The van der Waals surface area contributed by atoms with Gasteiger partial charge in [-0.05, 0) is 32.9 Å². The minimum absolute atomic E-state index is 0.110. The number of nitrogens with two attached hydrogens (primary N) is 1. The zero-order chi connectivity index (χ0) is 19.1. The molecule has 0 aliphatic rings. The van der Waals surface area contributed by atoms with Gasteiger partial charge in [0, 0.05) is 23.6 Å². The number of hydrogen-bond acceptors (Lipinski definition) is 5. The molecule has 0 saturated carbocycles. The average Bonchev–Trinajstić information content (AvgIpc) is 3.07. The van der Waals surface area contributed by atoms with Crippen LogP contribution >= 0.6 is 11.3 Å². The number of aryl methyl sites for hydroxylation is 2. The molecule has 0 radical (unpaired) electrons. The van der Waals surface area contributed by atoms with Gasteiger partial charge in [-0.2, -0.15) is 0 Å². The number of rotatable bonds is 6. The van der Waals surface area contributed by atoms with Crippen molar-refractivity contribution < 1.29 is 22.7 Å². The third-order valence-corrected chi connectivity index (χ3v) is 4.76. The number of aromatic nitrogens is 1. The summed E-state index contributed by atoms with van der Waals surface area (Å²) in [6.45, 7) is 4.46. The molecule has 1 amide bonds. The molecule has 26 heavy (non-hydrogen) atoms. The fourth-order valence-electron chi connectivity index (χ4n) is 2.90. The third kappa shape index (κ3) is 3.70. The van der Waals surface area contributed by atoms with Crippen LogP contribution in [0.2, 0.25) is 0 Å². The summed E-state index contributed by atoms with van der Waals surface area (Å²) in [7, 11) is 0. The lowest BCUT2D eigenvalue weighted by Crippen LogP contribution is -2.17. The highest BCUT2D eigenvalue weighted by molar-refractivity contribution is 7.11. The number of fused-ring (bicyclic) bond motifs is 1. The van der Waals surface area contributed by atoms with E-state index < -0.39 is 18.3 Å². The zero-order valence-corrected chi connectivity index (χ0v) is 15.4. The van der Waals surface area contributed by atoms with Gasteiger partial charge in [-0.1, -0.05) is 0 Å². The lowest BCUT2D eigenvalue weighted by Gasteiger charge is -2.16. The van der Waals surface area contributed by atoms with E-state index in [0.29, 0.717) is 11.3 Å². The van der Waals surface area contributed by atoms with Crippen molar-refractivity contribution in [3.8, 4) is 5.75 Å². The maximum Gasteiger partial charge on any atom is 0.252 e. The van der Waals surface area contributed by atoms with Crippen LogP contribution in [0.5, 0.6) is 5.75 Å². The Balaban J connectivity index is 2.10. The molecule has 0 fully saturated rings. The van der Waals surface area contributed by atoms with Gasteiger partial charge in [0.2, 0.25) is 5.92 Å². The van der Waals surface area contributed by atoms with Gasteiger partial charge in [-0.3, -0.25) is 4.79 Å². The van der Waals surface area contributed by atoms with Crippen molar-refractivity contribution in [2.24, 2.45) is 5.73 Å². The second kappa shape index (κ2) is 6.68. The van der Waals surface area contributed by atoms with Crippen LogP contribution in [-0.2, 0) is 13.0 Å². The molecule has 0 aliphatic heterocycles. The Bertz CT molecular complexity index is 973. The lowest BCUT2D eigenvalue weighted by molar-refractivity contribution is 0.0222. The average molecular weight is 380 g/mol. The Kier molecular flexibility index (Phi) is 4.70. The molecule has 2 aromatic heterocycles. The first-order valence-electron chi connectivity index (χ1n) is 7.92. The van der Waals surface area contributed by atoms with Crippen molar-refractivity contribution in [1.82, 2.24) is 4.98 Å². The first kappa shape index (κ1) is 18.3. The molecule has 8 heteroatoms. The molecule has 138 valence electrons. The van der Waals surface area contributed by atoms with Crippen LogP contribution in [0.1, 0.15) is 38.5 Å². The molecule has 0 aliphatic carbocycles. The number of benzene rings is 1. The highest BCUT2D eigenvalue weighted by atomic mass is 32.1. The molecular weight excluding hydrogens is 362 g/mol. The van der Waals surface area contributed by atoms with Crippen LogP contribution in [0.4, 0.5) is 8.78 Å². The van der Waals surface area contributed by atoms with Gasteiger partial charge < -0.3 is 14.9 Å². The predicted molar refractivity (Wildman–Crippen MR) is 95.0 cm³/mol. The summed E-state index contributed by atoms with van der Waals surface area (Å²) in [6, 6.07) is 3.17. The topological polar surface area (TPSA) is 78.3 Å². The maximum absolute atomic E-state index is 13.8. The van der Waals surface area contributed by atoms with Gasteiger partial charge in [0.1, 0.15) is 23.7 Å². The molecule has 5 nitrogen and oxygen atoms in total. The van der Waals surface area contributed by atoms with Crippen LogP contribution in [0, 0.1) is 13.8 Å². The van der Waals surface area contributed by atoms with Gasteiger partial charge in [0.25, 0.3) is 5.91 Å². The van der Waals surface area contributed by atoms with E-state index in [0.717, 1.165) is 16.8 Å². The highest BCUT2D eigenvalue weighted by Crippen LogP contribution is 2.37. The van der Waals surface area contributed by atoms with E-state index in [2.05, 4.69) is 4.98 Å². The number of amides is 1. The predicted octanol–water partition coefficient (Wildman–Crippen LogP) is 4.38. The minimum atomic E-state index is -2.99. The van der Waals surface area contributed by atoms with Crippen molar-refractivity contribution in [3.05, 3.63) is 45.1 Å². The first-order valence-corrected chi connectivity index (χ1v) is 8.74. The number of hydrogen-bond donors (Lipinski definition) is 1. The number of furan rings is 1. The van der Waals surface area contributed by atoms with Crippen molar-refractivity contribution in [3.63, 3.8) is 0 Å². The molecule has 0 atom stereocenters. The van der Waals surface area contributed by atoms with Crippen molar-refractivity contribution in [2.75, 3.05) is 0 Å². The van der Waals surface area contributed by atoms with Crippen LogP contribution in [-0.4, -0.2) is 16.8 Å². The summed E-state index contributed by atoms with van der Waals surface area (Å²) >= 11 is 1.46. The number of nitrogens with zero attached hydrogens (tertiary/aromatic N) is 1. The third-order valence-electron chi connectivity index (χ3n) is 3.87. The van der Waals surface area contributed by atoms with E-state index in [1.165, 1.54) is 11.3 Å². The summed E-state index contributed by atoms with van der Waals surface area (Å²) in [5.74, 6) is -3.15. The number of primary amides is 1. The molecule has 0 spiro atoms. The van der Waals surface area contributed by atoms with Gasteiger partial charge >= 0.3 is 0 Å². The molecule has 0 unspecified atom stereocenters. The standard InChI is InChI=1S/C18H18F2N2O3S/c1-9-15(17(21)23)16-12(6-18(3,19)20)13(4-5-14(16)25-9)24-8-11-7-22-10(2)26-11/h4-5,7H,6,8H2,1-3H3,(H2,21,23). The number of halogens is 2. The van der Waals surface area contributed by atoms with Crippen LogP contribution in [0.15, 0.2) is 22.7 Å². The van der Waals surface area contributed by atoms with E-state index in [9.17, 15) is 13.6 Å². The SMILES string of the molecule is Cc1ncc(COc2ccc3oc(C)c(C(N)=O)c3c2CC(C)(F)F)s1. The second-order valence-electron chi connectivity index (χ2n) is 6.19. The molecule has 3 aromatic rings. The quantitative estimate of drug-likeness (QED) is 0.688. The van der Waals surface area contributed by atoms with Gasteiger partial charge in [-0.25, -0.2) is 13.8 Å². The summed E-state index contributed by atoms with van der Waals surface area (Å²) < 4.78 is 38.9. The number of carbonyl (C=O) groups is 1. The number of ether oxygens (including phenoxy) is 1. The van der Waals surface area contributed by atoms with Gasteiger partial charge in [0.05, 0.1) is 15.4 Å². The van der Waals surface area contributed by atoms with Crippen molar-refractivity contribution >= 4 is 28.2 Å². The Morgan fingerprint density at radius 1 is 1.38 bits per heavy atom. The molecule has 2 N–H and O–H groups in total. The maximum atomic E-state index is 13.8. The molecule has 0 saturated heterocycles. The van der Waals surface area contributed by atoms with Crippen LogP contribution < -0.4 is 10.5 Å². The van der Waals surface area contributed by atoms with E-state index in [1.807, 2.05) is 6.92 Å². The van der Waals surface area contributed by atoms with E-state index in [-0.39, 0.29) is 28.9 Å². The largest absolute Gasteiger partial charge is 0.488 e. The Labute approximate surface area is 152 Å². The van der Waals surface area contributed by atoms with Crippen molar-refractivity contribution in [2.45, 2.75) is 39.7 Å². The number of carbonyl (C=O) groups excluding carboxylic acids is 1. The number of alkyl halides is 2. The second-order valence-corrected chi connectivity index (χ2v) is 7.51. The minimum Gasteiger partial charge on any atom is -0.488 e. The van der Waals surface area contributed by atoms with Gasteiger partial charge in [0.15, 0.2) is 0 Å². The molecule has 1 aromatic carbocycles. The molecule has 0 bridgehead atoms. The zero-order valence-electron chi connectivity index (χ0n) is 14.6. The van der Waals surface area contributed by atoms with Crippen LogP contribution in [0.25, 0.3) is 11.0 Å². The van der Waals surface area contributed by atoms with Gasteiger partial charge in [-0.15, -0.1) is 11.3 Å². The van der Waals surface area contributed by atoms with Crippen molar-refractivity contribution in [1.29, 1.82) is 0 Å². The normalized spacial score (nSPS) is 11.9. The van der Waals surface area contributed by atoms with E-state index in [1.54, 1.807) is 25.3 Å². The Morgan fingerprint density at radius 2 is 2.12 bits per heavy atom. The van der Waals surface area contributed by atoms with Crippen LogP contribution in [0.3, 0.4) is 0 Å². The number of thiazole rings is 1. The van der Waals surface area contributed by atoms with E-state index in [4.69, 9.17) is 14.9 Å². The first-order chi connectivity index (χ1) is 12.2. The molecule has 2 heterocycles. The lowest BCUT2D eigenvalue weighted by atomic mass is 9.98. The Morgan fingerprint density at radius 3 is 2.69 bits per heavy atom. The Hall–Kier alpha value is -2.48. The molecular formula is C18H18F2N2O3S. The molecule has 3 rings (SSSR count). The summed E-state index contributed by atoms with van der Waals surface area (Å²) in [5, 5.41) is 1.18. The highest BCUT2D eigenvalue weighted by Gasteiger charge is 2.29. The van der Waals surface area contributed by atoms with E-state index >= 15 is 0 Å². The summed E-state index contributed by atoms with van der Waals surface area (Å²) in [6.07, 6.45) is 1.09.